The second kappa shape index (κ2) is 3.05. The summed E-state index contributed by atoms with van der Waals surface area (Å²) in [6.07, 6.45) is 4.01. The zero-order chi connectivity index (χ0) is 5.82. The van der Waals surface area contributed by atoms with Gasteiger partial charge in [-0.05, 0) is 25.9 Å². The molecular weight excluding hydrogens is 100 g/mol. The third-order valence-electron chi connectivity index (χ3n) is 1.60. The largest absolute Gasteiger partial charge is 0.313 e. The lowest BCUT2D eigenvalue weighted by Gasteiger charge is -2.23. The van der Waals surface area contributed by atoms with Crippen LogP contribution in [0.2, 0.25) is 0 Å². The molecule has 1 aliphatic rings. The molecule has 0 aromatic carbocycles. The molecule has 47 valence electrons. The zero-order valence-corrected chi connectivity index (χ0v) is 5.14. The molecule has 0 aliphatic carbocycles. The van der Waals surface area contributed by atoms with Gasteiger partial charge in [0.25, 0.3) is 0 Å². The van der Waals surface area contributed by atoms with Crippen LogP contribution in [0.1, 0.15) is 19.3 Å². The fourth-order valence-corrected chi connectivity index (χ4v) is 1.07. The van der Waals surface area contributed by atoms with Gasteiger partial charge >= 0.3 is 0 Å². The number of rotatable bonds is 1. The third-order valence-corrected chi connectivity index (χ3v) is 1.60. The quantitative estimate of drug-likeness (QED) is 0.538. The minimum atomic E-state index is 1.16. The Balaban J connectivity index is 2.13. The fraction of sp³-hybridized carbons (Fsp3) is 0.833. The highest BCUT2D eigenvalue weighted by molar-refractivity contribution is 4.67. The second-order valence-electron chi connectivity index (χ2n) is 2.25. The Hall–Kier alpha value is -0.0800. The summed E-state index contributed by atoms with van der Waals surface area (Å²) in [5.74, 6) is 0. The molecule has 0 bridgehead atoms. The Bertz CT molecular complexity index is 57.5. The van der Waals surface area contributed by atoms with Crippen molar-refractivity contribution in [1.29, 1.82) is 0 Å². The molecule has 0 amide bonds. The van der Waals surface area contributed by atoms with Crippen LogP contribution in [-0.4, -0.2) is 18.0 Å². The van der Waals surface area contributed by atoms with Gasteiger partial charge in [0, 0.05) is 0 Å². The first-order valence-corrected chi connectivity index (χ1v) is 3.22. The van der Waals surface area contributed by atoms with E-state index in [2.05, 4.69) is 4.90 Å². The molecule has 1 fully saturated rings. The molecule has 0 unspecified atom stereocenters. The van der Waals surface area contributed by atoms with Gasteiger partial charge in [-0.3, -0.25) is 4.90 Å². The van der Waals surface area contributed by atoms with E-state index < -0.39 is 0 Å². The highest BCUT2D eigenvalue weighted by atomic mass is 15.2. The monoisotopic (exact) mass is 113 g/mol. The lowest BCUT2D eigenvalue weighted by atomic mass is 10.1. The molecule has 2 N–H and O–H groups in total. The van der Waals surface area contributed by atoms with Crippen LogP contribution in [0.5, 0.6) is 0 Å². The smallest absolute Gasteiger partial charge is 0.0866 e. The first-order valence-electron chi connectivity index (χ1n) is 3.22. The van der Waals surface area contributed by atoms with E-state index in [1.54, 1.807) is 6.67 Å². The minimum Gasteiger partial charge on any atom is -0.313 e. The number of piperidine rings is 1. The number of nitrogens with two attached hydrogens (primary N) is 1. The summed E-state index contributed by atoms with van der Waals surface area (Å²) in [4.78, 5) is 2.17. The van der Waals surface area contributed by atoms with Gasteiger partial charge in [-0.1, -0.05) is 6.42 Å². The van der Waals surface area contributed by atoms with E-state index in [-0.39, 0.29) is 0 Å². The maximum Gasteiger partial charge on any atom is 0.0866 e. The molecule has 8 heavy (non-hydrogen) atoms. The van der Waals surface area contributed by atoms with Crippen molar-refractivity contribution in [2.75, 3.05) is 13.1 Å². The Morgan fingerprint density at radius 3 is 2.12 bits per heavy atom. The normalized spacial score (nSPS) is 23.6. The maximum absolute atomic E-state index is 5.30. The van der Waals surface area contributed by atoms with Gasteiger partial charge in [-0.25, -0.2) is 0 Å². The van der Waals surface area contributed by atoms with Crippen LogP contribution < -0.4 is 5.73 Å². The van der Waals surface area contributed by atoms with Crippen molar-refractivity contribution in [2.45, 2.75) is 19.3 Å². The molecule has 1 saturated heterocycles. The molecule has 0 spiro atoms. The Labute approximate surface area is 50.7 Å². The van der Waals surface area contributed by atoms with Crippen LogP contribution >= 0.6 is 0 Å². The average molecular weight is 113 g/mol. The van der Waals surface area contributed by atoms with Crippen molar-refractivity contribution in [1.82, 2.24) is 4.90 Å². The van der Waals surface area contributed by atoms with E-state index >= 15 is 0 Å². The van der Waals surface area contributed by atoms with Crippen LogP contribution in [0.3, 0.4) is 0 Å². The highest BCUT2D eigenvalue weighted by Gasteiger charge is 2.06. The first-order chi connectivity index (χ1) is 3.93. The standard InChI is InChI=1S/C6H13N2/c7-6-8-4-2-1-3-5-8/h6H,1-5,7H2. The van der Waals surface area contributed by atoms with Crippen molar-refractivity contribution in [2.24, 2.45) is 5.73 Å². The summed E-state index contributed by atoms with van der Waals surface area (Å²) in [7, 11) is 0. The summed E-state index contributed by atoms with van der Waals surface area (Å²) in [6.45, 7) is 4.02. The third kappa shape index (κ3) is 1.46. The number of nitrogens with zero attached hydrogens (tertiary/aromatic N) is 1. The molecule has 0 aromatic heterocycles. The minimum absolute atomic E-state index is 1.16. The van der Waals surface area contributed by atoms with Crippen molar-refractivity contribution >= 4 is 0 Å². The SMILES string of the molecule is N[CH]N1CCCCC1. The summed E-state index contributed by atoms with van der Waals surface area (Å²) >= 11 is 0. The van der Waals surface area contributed by atoms with Gasteiger partial charge in [0.2, 0.25) is 0 Å². The van der Waals surface area contributed by atoms with Crippen molar-refractivity contribution in [3.63, 3.8) is 0 Å². The van der Waals surface area contributed by atoms with E-state index in [0.29, 0.717) is 0 Å². The maximum atomic E-state index is 5.30. The van der Waals surface area contributed by atoms with Crippen molar-refractivity contribution < 1.29 is 0 Å². The molecule has 2 nitrogen and oxygen atoms in total. The second-order valence-corrected chi connectivity index (χ2v) is 2.25. The van der Waals surface area contributed by atoms with E-state index in [9.17, 15) is 0 Å². The van der Waals surface area contributed by atoms with E-state index in [1.807, 2.05) is 0 Å². The van der Waals surface area contributed by atoms with Crippen LogP contribution in [0, 0.1) is 6.67 Å². The van der Waals surface area contributed by atoms with Gasteiger partial charge < -0.3 is 5.73 Å². The van der Waals surface area contributed by atoms with Gasteiger partial charge in [0.1, 0.15) is 0 Å². The average Bonchev–Trinajstić information content (AvgIpc) is 1.90. The van der Waals surface area contributed by atoms with E-state index in [0.717, 1.165) is 13.1 Å². The Kier molecular flexibility index (Phi) is 2.30. The van der Waals surface area contributed by atoms with E-state index in [1.165, 1.54) is 19.3 Å². The predicted octanol–water partition coefficient (Wildman–Crippen LogP) is 0.550. The van der Waals surface area contributed by atoms with Crippen molar-refractivity contribution in [3.8, 4) is 0 Å². The number of hydrogen-bond acceptors (Lipinski definition) is 2. The Morgan fingerprint density at radius 1 is 1.12 bits per heavy atom. The highest BCUT2D eigenvalue weighted by Crippen LogP contribution is 2.07. The van der Waals surface area contributed by atoms with Crippen LogP contribution in [-0.2, 0) is 0 Å². The van der Waals surface area contributed by atoms with Crippen molar-refractivity contribution in [3.05, 3.63) is 6.67 Å². The topological polar surface area (TPSA) is 29.3 Å². The lowest BCUT2D eigenvalue weighted by molar-refractivity contribution is 0.276. The number of likely N-dealkylation sites (tertiary alicyclic amines) is 1. The zero-order valence-electron chi connectivity index (χ0n) is 5.14. The van der Waals surface area contributed by atoms with Gasteiger partial charge in [0.05, 0.1) is 6.67 Å². The van der Waals surface area contributed by atoms with Crippen LogP contribution in [0.4, 0.5) is 0 Å². The molecule has 1 radical (unpaired) electrons. The summed E-state index contributed by atoms with van der Waals surface area (Å²) in [5, 5.41) is 0. The van der Waals surface area contributed by atoms with E-state index in [4.69, 9.17) is 5.73 Å². The molecular formula is C6H13N2. The van der Waals surface area contributed by atoms with Crippen LogP contribution in [0.25, 0.3) is 0 Å². The summed E-state index contributed by atoms with van der Waals surface area (Å²) < 4.78 is 0. The molecule has 0 atom stereocenters. The first kappa shape index (κ1) is 6.05. The number of hydrogen-bond donors (Lipinski definition) is 1. The van der Waals surface area contributed by atoms with Gasteiger partial charge in [-0.2, -0.15) is 0 Å². The summed E-state index contributed by atoms with van der Waals surface area (Å²) in [6, 6.07) is 0. The van der Waals surface area contributed by atoms with Gasteiger partial charge in [-0.15, -0.1) is 0 Å². The molecule has 0 saturated carbocycles. The predicted molar refractivity (Wildman–Crippen MR) is 33.9 cm³/mol. The molecule has 1 aliphatic heterocycles. The molecule has 1 rings (SSSR count). The van der Waals surface area contributed by atoms with Crippen LogP contribution in [0.15, 0.2) is 0 Å². The molecule has 2 heteroatoms. The van der Waals surface area contributed by atoms with Gasteiger partial charge in [0.15, 0.2) is 0 Å². The molecule has 0 aromatic rings. The fourth-order valence-electron chi connectivity index (χ4n) is 1.07. The molecule has 1 heterocycles. The Morgan fingerprint density at radius 2 is 1.75 bits per heavy atom. The summed E-state index contributed by atoms with van der Waals surface area (Å²) in [5.41, 5.74) is 5.30. The lowest BCUT2D eigenvalue weighted by Crippen LogP contribution is -2.30.